The zero-order valence-electron chi connectivity index (χ0n) is 10.1. The summed E-state index contributed by atoms with van der Waals surface area (Å²) in [5.41, 5.74) is 1.32. The van der Waals surface area contributed by atoms with Gasteiger partial charge in [0.05, 0.1) is 11.6 Å². The lowest BCUT2D eigenvalue weighted by Crippen LogP contribution is -2.09. The lowest BCUT2D eigenvalue weighted by Gasteiger charge is -2.12. The van der Waals surface area contributed by atoms with Gasteiger partial charge < -0.3 is 9.84 Å². The predicted molar refractivity (Wildman–Crippen MR) is 73.1 cm³/mol. The van der Waals surface area contributed by atoms with Crippen molar-refractivity contribution in [2.45, 2.75) is 6.10 Å². The number of aliphatic hydroxyl groups excluding tert-OH is 1. The summed E-state index contributed by atoms with van der Waals surface area (Å²) in [5.74, 6) is 0.618. The van der Waals surface area contributed by atoms with E-state index in [1.54, 1.807) is 48.5 Å². The van der Waals surface area contributed by atoms with E-state index in [-0.39, 0.29) is 6.61 Å². The summed E-state index contributed by atoms with van der Waals surface area (Å²) in [6.45, 7) is 0.146. The van der Waals surface area contributed by atoms with Crippen LogP contribution in [0.15, 0.2) is 48.5 Å². The second-order valence-electron chi connectivity index (χ2n) is 4.01. The van der Waals surface area contributed by atoms with Gasteiger partial charge in [-0.05, 0) is 42.0 Å². The standard InChI is InChI=1S/C15H12ClNO2/c16-13-5-3-12(4-6-13)15(18)10-19-14-7-1-11(9-17)2-8-14/h1-8,15,18H,10H2. The van der Waals surface area contributed by atoms with E-state index < -0.39 is 6.10 Å². The van der Waals surface area contributed by atoms with Gasteiger partial charge in [-0.15, -0.1) is 0 Å². The number of halogens is 1. The normalized spacial score (nSPS) is 11.6. The molecule has 0 saturated heterocycles. The number of ether oxygens (including phenoxy) is 1. The first kappa shape index (κ1) is 13.4. The highest BCUT2D eigenvalue weighted by Gasteiger charge is 2.08. The third kappa shape index (κ3) is 3.72. The summed E-state index contributed by atoms with van der Waals surface area (Å²) < 4.78 is 5.46. The Labute approximate surface area is 116 Å². The van der Waals surface area contributed by atoms with Crippen LogP contribution in [0.25, 0.3) is 0 Å². The molecule has 0 saturated carbocycles. The zero-order valence-corrected chi connectivity index (χ0v) is 10.8. The maximum Gasteiger partial charge on any atom is 0.119 e. The van der Waals surface area contributed by atoms with Crippen molar-refractivity contribution in [3.63, 3.8) is 0 Å². The zero-order chi connectivity index (χ0) is 13.7. The number of rotatable bonds is 4. The molecular weight excluding hydrogens is 262 g/mol. The van der Waals surface area contributed by atoms with Gasteiger partial charge in [0.25, 0.3) is 0 Å². The second kappa shape index (κ2) is 6.24. The topological polar surface area (TPSA) is 53.2 Å². The van der Waals surface area contributed by atoms with Gasteiger partial charge in [-0.2, -0.15) is 5.26 Å². The maximum absolute atomic E-state index is 9.95. The molecule has 96 valence electrons. The first-order valence-corrected chi connectivity index (χ1v) is 6.13. The van der Waals surface area contributed by atoms with Crippen LogP contribution in [-0.2, 0) is 0 Å². The van der Waals surface area contributed by atoms with Gasteiger partial charge in [0.2, 0.25) is 0 Å². The first-order valence-electron chi connectivity index (χ1n) is 5.75. The highest BCUT2D eigenvalue weighted by atomic mass is 35.5. The van der Waals surface area contributed by atoms with Crippen LogP contribution in [0.1, 0.15) is 17.2 Å². The molecule has 0 aliphatic carbocycles. The van der Waals surface area contributed by atoms with Crippen LogP contribution in [0.3, 0.4) is 0 Å². The molecule has 1 atom stereocenters. The molecule has 0 fully saturated rings. The molecule has 2 rings (SSSR count). The van der Waals surface area contributed by atoms with Gasteiger partial charge in [0.1, 0.15) is 18.5 Å². The van der Waals surface area contributed by atoms with Gasteiger partial charge in [0, 0.05) is 5.02 Å². The summed E-state index contributed by atoms with van der Waals surface area (Å²) in [6.07, 6.45) is -0.715. The molecule has 3 nitrogen and oxygen atoms in total. The van der Waals surface area contributed by atoms with Gasteiger partial charge in [0.15, 0.2) is 0 Å². The van der Waals surface area contributed by atoms with Crippen LogP contribution in [0.4, 0.5) is 0 Å². The van der Waals surface area contributed by atoms with Crippen molar-refractivity contribution in [1.82, 2.24) is 0 Å². The van der Waals surface area contributed by atoms with Crippen LogP contribution >= 0.6 is 11.6 Å². The van der Waals surface area contributed by atoms with Crippen molar-refractivity contribution in [2.24, 2.45) is 0 Å². The van der Waals surface area contributed by atoms with Crippen LogP contribution in [0.2, 0.25) is 5.02 Å². The lowest BCUT2D eigenvalue weighted by molar-refractivity contribution is 0.108. The van der Waals surface area contributed by atoms with E-state index in [2.05, 4.69) is 0 Å². The van der Waals surface area contributed by atoms with Crippen molar-refractivity contribution >= 4 is 11.6 Å². The summed E-state index contributed by atoms with van der Waals surface area (Å²) >= 11 is 5.78. The summed E-state index contributed by atoms with van der Waals surface area (Å²) in [5, 5.41) is 19.3. The molecule has 0 aliphatic heterocycles. The molecule has 0 spiro atoms. The van der Waals surface area contributed by atoms with Crippen LogP contribution < -0.4 is 4.74 Å². The van der Waals surface area contributed by atoms with Crippen molar-refractivity contribution in [2.75, 3.05) is 6.61 Å². The largest absolute Gasteiger partial charge is 0.491 e. The van der Waals surface area contributed by atoms with Crippen molar-refractivity contribution in [3.05, 3.63) is 64.7 Å². The fraction of sp³-hybridized carbons (Fsp3) is 0.133. The molecular formula is C15H12ClNO2. The molecule has 4 heteroatoms. The Bertz CT molecular complexity index is 573. The number of nitriles is 1. The van der Waals surface area contributed by atoms with Crippen molar-refractivity contribution in [1.29, 1.82) is 5.26 Å². The predicted octanol–water partition coefficient (Wildman–Crippen LogP) is 3.32. The Hall–Kier alpha value is -2.02. The second-order valence-corrected chi connectivity index (χ2v) is 4.45. The van der Waals surface area contributed by atoms with Crippen molar-refractivity contribution < 1.29 is 9.84 Å². The molecule has 0 amide bonds. The highest BCUT2D eigenvalue weighted by molar-refractivity contribution is 6.30. The number of aliphatic hydroxyl groups is 1. The summed E-state index contributed by atoms with van der Waals surface area (Å²) in [7, 11) is 0. The monoisotopic (exact) mass is 273 g/mol. The van der Waals surface area contributed by atoms with Gasteiger partial charge in [-0.3, -0.25) is 0 Å². The Kier molecular flexibility index (Phi) is 4.40. The smallest absolute Gasteiger partial charge is 0.119 e. The molecule has 1 unspecified atom stereocenters. The minimum Gasteiger partial charge on any atom is -0.491 e. The maximum atomic E-state index is 9.95. The molecule has 0 bridgehead atoms. The minimum atomic E-state index is -0.715. The third-order valence-electron chi connectivity index (χ3n) is 2.65. The van der Waals surface area contributed by atoms with Gasteiger partial charge in [-0.25, -0.2) is 0 Å². The molecule has 2 aromatic carbocycles. The SMILES string of the molecule is N#Cc1ccc(OCC(O)c2ccc(Cl)cc2)cc1. The molecule has 0 aliphatic rings. The quantitative estimate of drug-likeness (QED) is 0.930. The highest BCUT2D eigenvalue weighted by Crippen LogP contribution is 2.18. The summed E-state index contributed by atoms with van der Waals surface area (Å²) in [6, 6.07) is 15.7. The van der Waals surface area contributed by atoms with E-state index >= 15 is 0 Å². The van der Waals surface area contributed by atoms with E-state index in [1.165, 1.54) is 0 Å². The molecule has 19 heavy (non-hydrogen) atoms. The lowest BCUT2D eigenvalue weighted by atomic mass is 10.1. The number of benzene rings is 2. The van der Waals surface area contributed by atoms with Crippen LogP contribution in [0.5, 0.6) is 5.75 Å². The van der Waals surface area contributed by atoms with Gasteiger partial charge in [-0.1, -0.05) is 23.7 Å². The number of hydrogen-bond donors (Lipinski definition) is 1. The van der Waals surface area contributed by atoms with Crippen LogP contribution in [0, 0.1) is 11.3 Å². The minimum absolute atomic E-state index is 0.146. The van der Waals surface area contributed by atoms with E-state index in [9.17, 15) is 5.11 Å². The fourth-order valence-electron chi connectivity index (χ4n) is 1.58. The van der Waals surface area contributed by atoms with Crippen molar-refractivity contribution in [3.8, 4) is 11.8 Å². The molecule has 2 aromatic rings. The number of hydrogen-bond acceptors (Lipinski definition) is 3. The Balaban J connectivity index is 1.94. The number of nitrogens with zero attached hydrogens (tertiary/aromatic N) is 1. The van der Waals surface area contributed by atoms with Gasteiger partial charge >= 0.3 is 0 Å². The molecule has 0 heterocycles. The summed E-state index contributed by atoms with van der Waals surface area (Å²) in [4.78, 5) is 0. The average Bonchev–Trinajstić information content (AvgIpc) is 2.46. The molecule has 0 aromatic heterocycles. The Morgan fingerprint density at radius 3 is 2.32 bits per heavy atom. The Morgan fingerprint density at radius 1 is 1.11 bits per heavy atom. The Morgan fingerprint density at radius 2 is 1.74 bits per heavy atom. The molecule has 0 radical (unpaired) electrons. The average molecular weight is 274 g/mol. The van der Waals surface area contributed by atoms with Crippen LogP contribution in [-0.4, -0.2) is 11.7 Å². The van der Waals surface area contributed by atoms with E-state index in [0.29, 0.717) is 16.3 Å². The molecule has 1 N–H and O–H groups in total. The first-order chi connectivity index (χ1) is 9.19. The van der Waals surface area contributed by atoms with E-state index in [0.717, 1.165) is 5.56 Å². The van der Waals surface area contributed by atoms with E-state index in [4.69, 9.17) is 21.6 Å². The third-order valence-corrected chi connectivity index (χ3v) is 2.90. The van der Waals surface area contributed by atoms with E-state index in [1.807, 2.05) is 6.07 Å². The fourth-order valence-corrected chi connectivity index (χ4v) is 1.71.